The van der Waals surface area contributed by atoms with Crippen LogP contribution in [0.3, 0.4) is 0 Å². The first kappa shape index (κ1) is 17.1. The van der Waals surface area contributed by atoms with E-state index in [0.29, 0.717) is 13.1 Å². The average molecular weight is 372 g/mol. The first-order valence-corrected chi connectivity index (χ1v) is 10.1. The van der Waals surface area contributed by atoms with E-state index in [0.717, 1.165) is 42.9 Å². The Labute approximate surface area is 157 Å². The van der Waals surface area contributed by atoms with E-state index in [-0.39, 0.29) is 6.03 Å². The molecule has 0 unspecified atom stereocenters. The number of piperazine rings is 1. The lowest BCUT2D eigenvalue weighted by Gasteiger charge is -2.35. The van der Waals surface area contributed by atoms with E-state index in [2.05, 4.69) is 20.1 Å². The molecule has 0 aromatic carbocycles. The van der Waals surface area contributed by atoms with E-state index in [4.69, 9.17) is 4.98 Å². The summed E-state index contributed by atoms with van der Waals surface area (Å²) in [5.41, 5.74) is 0. The molecule has 1 N–H and O–H groups in total. The van der Waals surface area contributed by atoms with Crippen molar-refractivity contribution in [3.8, 4) is 0 Å². The predicted molar refractivity (Wildman–Crippen MR) is 105 cm³/mol. The second-order valence-corrected chi connectivity index (χ2v) is 7.59. The Morgan fingerprint density at radius 2 is 1.81 bits per heavy atom. The van der Waals surface area contributed by atoms with Crippen LogP contribution in [-0.4, -0.2) is 60.2 Å². The molecule has 2 aromatic heterocycles. The largest absolute Gasteiger partial charge is 0.353 e. The molecule has 8 heteroatoms. The number of thiophene rings is 1. The molecule has 0 bridgehead atoms. The number of rotatable bonds is 3. The van der Waals surface area contributed by atoms with Crippen molar-refractivity contribution < 1.29 is 4.79 Å². The van der Waals surface area contributed by atoms with Gasteiger partial charge in [0.05, 0.1) is 5.00 Å². The van der Waals surface area contributed by atoms with Crippen LogP contribution in [0.15, 0.2) is 29.8 Å². The molecule has 0 aliphatic carbocycles. The molecule has 2 aliphatic rings. The minimum atomic E-state index is -0.0243. The van der Waals surface area contributed by atoms with Gasteiger partial charge < -0.3 is 14.7 Å². The first-order valence-electron chi connectivity index (χ1n) is 9.22. The number of hydrogen-bond acceptors (Lipinski definition) is 6. The lowest BCUT2D eigenvalue weighted by molar-refractivity contribution is 0.208. The molecule has 4 rings (SSSR count). The molecule has 2 amide bonds. The summed E-state index contributed by atoms with van der Waals surface area (Å²) >= 11 is 1.54. The second-order valence-electron chi connectivity index (χ2n) is 6.64. The summed E-state index contributed by atoms with van der Waals surface area (Å²) in [6.45, 7) is 5.05. The van der Waals surface area contributed by atoms with E-state index < -0.39 is 0 Å². The van der Waals surface area contributed by atoms with Gasteiger partial charge in [0.1, 0.15) is 5.82 Å². The van der Waals surface area contributed by atoms with Crippen molar-refractivity contribution in [2.45, 2.75) is 19.3 Å². The Morgan fingerprint density at radius 1 is 1.00 bits per heavy atom. The number of nitrogens with zero attached hydrogens (tertiary/aromatic N) is 5. The van der Waals surface area contributed by atoms with Crippen LogP contribution >= 0.6 is 11.3 Å². The average Bonchev–Trinajstić information content (AvgIpc) is 3.22. The summed E-state index contributed by atoms with van der Waals surface area (Å²) in [6, 6.07) is 5.80. The van der Waals surface area contributed by atoms with Gasteiger partial charge in [-0.1, -0.05) is 0 Å². The molecular formula is C18H24N6OS. The Bertz CT molecular complexity index is 723. The highest BCUT2D eigenvalue weighted by atomic mass is 32.1. The fraction of sp³-hybridized carbons (Fsp3) is 0.500. The third kappa shape index (κ3) is 3.90. The third-order valence-electron chi connectivity index (χ3n) is 4.91. The van der Waals surface area contributed by atoms with Crippen LogP contribution in [0.4, 0.5) is 21.6 Å². The van der Waals surface area contributed by atoms with Crippen molar-refractivity contribution >= 4 is 34.1 Å². The molecule has 2 aromatic rings. The number of urea groups is 1. The molecule has 26 heavy (non-hydrogen) atoms. The van der Waals surface area contributed by atoms with Gasteiger partial charge >= 0.3 is 6.03 Å². The zero-order valence-corrected chi connectivity index (χ0v) is 15.6. The summed E-state index contributed by atoms with van der Waals surface area (Å²) in [5.74, 6) is 1.79. The van der Waals surface area contributed by atoms with Gasteiger partial charge in [0.25, 0.3) is 0 Å². The fourth-order valence-electron chi connectivity index (χ4n) is 3.43. The molecule has 138 valence electrons. The first-order chi connectivity index (χ1) is 12.8. The number of nitrogens with one attached hydrogen (secondary N) is 1. The Morgan fingerprint density at radius 3 is 2.54 bits per heavy atom. The van der Waals surface area contributed by atoms with E-state index in [9.17, 15) is 4.79 Å². The van der Waals surface area contributed by atoms with Gasteiger partial charge in [0.15, 0.2) is 0 Å². The normalized spacial score (nSPS) is 18.1. The number of carbonyl (C=O) groups is 1. The van der Waals surface area contributed by atoms with E-state index >= 15 is 0 Å². The van der Waals surface area contributed by atoms with Gasteiger partial charge in [-0.05, 0) is 42.8 Å². The molecule has 0 radical (unpaired) electrons. The maximum Gasteiger partial charge on any atom is 0.322 e. The van der Waals surface area contributed by atoms with Gasteiger partial charge in [-0.15, -0.1) is 11.3 Å². The number of piperidine rings is 1. The summed E-state index contributed by atoms with van der Waals surface area (Å²) in [7, 11) is 0. The number of hydrogen-bond donors (Lipinski definition) is 1. The van der Waals surface area contributed by atoms with Crippen LogP contribution in [0.25, 0.3) is 0 Å². The van der Waals surface area contributed by atoms with Crippen molar-refractivity contribution in [3.63, 3.8) is 0 Å². The zero-order valence-electron chi connectivity index (χ0n) is 14.8. The highest BCUT2D eigenvalue weighted by Gasteiger charge is 2.23. The third-order valence-corrected chi connectivity index (χ3v) is 5.69. The van der Waals surface area contributed by atoms with Crippen molar-refractivity contribution in [2.75, 3.05) is 54.4 Å². The molecule has 2 saturated heterocycles. The van der Waals surface area contributed by atoms with Gasteiger partial charge in [0.2, 0.25) is 5.95 Å². The van der Waals surface area contributed by atoms with Crippen molar-refractivity contribution in [2.24, 2.45) is 0 Å². The Kier molecular flexibility index (Phi) is 5.19. The van der Waals surface area contributed by atoms with Crippen LogP contribution in [0.5, 0.6) is 0 Å². The Hall–Kier alpha value is -2.35. The van der Waals surface area contributed by atoms with Gasteiger partial charge in [0, 0.05) is 45.5 Å². The molecule has 0 spiro atoms. The van der Waals surface area contributed by atoms with Gasteiger partial charge in [-0.2, -0.15) is 4.98 Å². The topological polar surface area (TPSA) is 64.6 Å². The van der Waals surface area contributed by atoms with Crippen LogP contribution < -0.4 is 15.1 Å². The number of anilines is 3. The fourth-order valence-corrected chi connectivity index (χ4v) is 4.04. The predicted octanol–water partition coefficient (Wildman–Crippen LogP) is 2.88. The minimum absolute atomic E-state index is 0.0243. The van der Waals surface area contributed by atoms with Crippen LogP contribution in [-0.2, 0) is 0 Å². The number of amides is 2. The Balaban J connectivity index is 1.35. The molecule has 2 fully saturated rings. The van der Waals surface area contributed by atoms with E-state index in [1.165, 1.54) is 30.6 Å². The molecular weight excluding hydrogens is 348 g/mol. The van der Waals surface area contributed by atoms with E-state index in [1.807, 2.05) is 34.7 Å². The standard InChI is InChI=1S/C18H24N6OS/c25-18(21-16-5-4-14-26-16)24-12-10-22(11-13-24)15-6-7-19-17(20-15)23-8-2-1-3-9-23/h4-7,14H,1-3,8-13H2,(H,21,25). The van der Waals surface area contributed by atoms with E-state index in [1.54, 1.807) is 0 Å². The van der Waals surface area contributed by atoms with Gasteiger partial charge in [-0.3, -0.25) is 5.32 Å². The number of carbonyl (C=O) groups excluding carboxylic acids is 1. The van der Waals surface area contributed by atoms with Crippen molar-refractivity contribution in [1.29, 1.82) is 0 Å². The maximum atomic E-state index is 12.3. The molecule has 0 saturated carbocycles. The summed E-state index contributed by atoms with van der Waals surface area (Å²) in [4.78, 5) is 28.0. The highest BCUT2D eigenvalue weighted by Crippen LogP contribution is 2.20. The quantitative estimate of drug-likeness (QED) is 0.897. The lowest BCUT2D eigenvalue weighted by Crippen LogP contribution is -2.50. The minimum Gasteiger partial charge on any atom is -0.353 e. The maximum absolute atomic E-state index is 12.3. The summed E-state index contributed by atoms with van der Waals surface area (Å²) in [6.07, 6.45) is 5.57. The van der Waals surface area contributed by atoms with Crippen LogP contribution in [0.1, 0.15) is 19.3 Å². The highest BCUT2D eigenvalue weighted by molar-refractivity contribution is 7.14. The van der Waals surface area contributed by atoms with Crippen molar-refractivity contribution in [1.82, 2.24) is 14.9 Å². The van der Waals surface area contributed by atoms with Crippen LogP contribution in [0, 0.1) is 0 Å². The number of aromatic nitrogens is 2. The SMILES string of the molecule is O=C(Nc1cccs1)N1CCN(c2ccnc(N3CCCCC3)n2)CC1. The zero-order chi connectivity index (χ0) is 17.8. The molecule has 2 aliphatic heterocycles. The van der Waals surface area contributed by atoms with Crippen LogP contribution in [0.2, 0.25) is 0 Å². The molecule has 7 nitrogen and oxygen atoms in total. The smallest absolute Gasteiger partial charge is 0.322 e. The monoisotopic (exact) mass is 372 g/mol. The molecule has 4 heterocycles. The summed E-state index contributed by atoms with van der Waals surface area (Å²) in [5, 5.41) is 5.80. The lowest BCUT2D eigenvalue weighted by atomic mass is 10.1. The molecule has 0 atom stereocenters. The van der Waals surface area contributed by atoms with Crippen molar-refractivity contribution in [3.05, 3.63) is 29.8 Å². The van der Waals surface area contributed by atoms with Gasteiger partial charge in [-0.25, -0.2) is 9.78 Å². The second kappa shape index (κ2) is 7.90. The summed E-state index contributed by atoms with van der Waals surface area (Å²) < 4.78 is 0.